The van der Waals surface area contributed by atoms with Crippen molar-refractivity contribution in [3.8, 4) is 5.75 Å². The summed E-state index contributed by atoms with van der Waals surface area (Å²) in [7, 11) is -3.96. The molecule has 2 N–H and O–H groups in total. The van der Waals surface area contributed by atoms with E-state index in [1.165, 1.54) is 6.33 Å². The summed E-state index contributed by atoms with van der Waals surface area (Å²) in [5, 5.41) is 12.3. The number of rotatable bonds is 2. The fourth-order valence-electron chi connectivity index (χ4n) is 7.55. The molecule has 1 amide bonds. The third kappa shape index (κ3) is 7.60. The maximum absolute atomic E-state index is 13.5. The number of halogens is 1. The zero-order valence-electron chi connectivity index (χ0n) is 27.2. The lowest BCUT2D eigenvalue weighted by Crippen LogP contribution is -2.52. The van der Waals surface area contributed by atoms with E-state index in [0.717, 1.165) is 61.2 Å². The monoisotopic (exact) mass is 680 g/mol. The lowest BCUT2D eigenvalue weighted by atomic mass is 9.61. The molecule has 2 aromatic carbocycles. The SMILES string of the molecule is C[C@@H]1[C@@H](C)CCC[C@](O)(Cc2ccncn2)[C@@H]2CC[C@H]2CN2CCCCc3cc(Cl)ccc3COc3ccc(cc32)C(=O)NS1(=O)=O. The fraction of sp³-hybridized carbons (Fsp3) is 0.528. The van der Waals surface area contributed by atoms with E-state index in [1.807, 2.05) is 31.2 Å². The first kappa shape index (κ1) is 33.7. The van der Waals surface area contributed by atoms with Crippen LogP contribution in [0.2, 0.25) is 5.02 Å². The number of ether oxygens (including phenoxy) is 1. The standard InChI is InChI=1S/C36H45ClN4O5S/c1-24-6-5-15-36(43,20-31-14-16-38-23-39-31)32-12-9-28(32)21-41-17-4-3-7-26-18-30(37)11-8-29(26)22-46-34-13-10-27(19-33(34)41)35(42)40-47(44,45)25(24)2/h8,10-11,13-14,16,18-19,23-25,28,32,43H,3-7,9,12,15,17,20-22H2,1-2H3,(H,40,42)/t24-,25+,28-,32+,36-/m0/s1. The van der Waals surface area contributed by atoms with Gasteiger partial charge < -0.3 is 14.7 Å². The van der Waals surface area contributed by atoms with Gasteiger partial charge in [-0.3, -0.25) is 4.79 Å². The van der Waals surface area contributed by atoms with Crippen molar-refractivity contribution in [1.29, 1.82) is 0 Å². The van der Waals surface area contributed by atoms with Crippen LogP contribution >= 0.6 is 11.6 Å². The Bertz CT molecular complexity index is 1690. The van der Waals surface area contributed by atoms with Crippen LogP contribution < -0.4 is 14.4 Å². The van der Waals surface area contributed by atoms with Gasteiger partial charge >= 0.3 is 0 Å². The molecule has 0 unspecified atom stereocenters. The fourth-order valence-corrected chi connectivity index (χ4v) is 9.06. The quantitative estimate of drug-likeness (QED) is 0.332. The minimum Gasteiger partial charge on any atom is -0.487 e. The summed E-state index contributed by atoms with van der Waals surface area (Å²) in [5.74, 6) is 0.0272. The molecule has 0 spiro atoms. The van der Waals surface area contributed by atoms with Crippen molar-refractivity contribution in [3.05, 3.63) is 82.4 Å². The number of amides is 1. The number of aliphatic hydroxyl groups is 1. The second kappa shape index (κ2) is 14.1. The third-order valence-electron chi connectivity index (χ3n) is 10.7. The zero-order chi connectivity index (χ0) is 33.2. The lowest BCUT2D eigenvalue weighted by molar-refractivity contribution is -0.0885. The van der Waals surface area contributed by atoms with Gasteiger partial charge in [-0.05, 0) is 117 Å². The Morgan fingerprint density at radius 1 is 1.06 bits per heavy atom. The van der Waals surface area contributed by atoms with Crippen LogP contribution in [0.4, 0.5) is 5.69 Å². The highest BCUT2D eigenvalue weighted by atomic mass is 35.5. The molecule has 1 saturated carbocycles. The minimum atomic E-state index is -3.96. The molecule has 2 bridgehead atoms. The number of sulfonamides is 1. The Morgan fingerprint density at radius 3 is 2.68 bits per heavy atom. The van der Waals surface area contributed by atoms with Gasteiger partial charge in [-0.25, -0.2) is 23.1 Å². The van der Waals surface area contributed by atoms with Crippen LogP contribution in [0.25, 0.3) is 0 Å². The average Bonchev–Trinajstić information content (AvgIpc) is 3.05. The Labute approximate surface area is 283 Å². The number of carbonyl (C=O) groups excluding carboxylic acids is 1. The molecule has 2 aliphatic heterocycles. The highest BCUT2D eigenvalue weighted by Gasteiger charge is 2.47. The molecule has 11 heteroatoms. The molecule has 3 aliphatic rings. The smallest absolute Gasteiger partial charge is 0.264 e. The number of anilines is 1. The van der Waals surface area contributed by atoms with E-state index >= 15 is 0 Å². The van der Waals surface area contributed by atoms with Gasteiger partial charge in [0.15, 0.2) is 0 Å². The molecule has 1 fully saturated rings. The maximum Gasteiger partial charge on any atom is 0.264 e. The Morgan fingerprint density at radius 2 is 1.91 bits per heavy atom. The minimum absolute atomic E-state index is 0.0438. The van der Waals surface area contributed by atoms with Crippen LogP contribution in [-0.2, 0) is 29.5 Å². The summed E-state index contributed by atoms with van der Waals surface area (Å²) in [6, 6.07) is 12.9. The molecular formula is C36H45ClN4O5S. The number of nitrogens with one attached hydrogen (secondary N) is 1. The van der Waals surface area contributed by atoms with Crippen LogP contribution in [0, 0.1) is 17.8 Å². The van der Waals surface area contributed by atoms with Crippen LogP contribution in [0.1, 0.15) is 86.0 Å². The van der Waals surface area contributed by atoms with Gasteiger partial charge in [0.25, 0.3) is 5.91 Å². The lowest BCUT2D eigenvalue weighted by Gasteiger charge is -2.49. The second-order valence-corrected chi connectivity index (χ2v) is 16.2. The Kier molecular flexibility index (Phi) is 10.1. The van der Waals surface area contributed by atoms with E-state index < -0.39 is 26.8 Å². The van der Waals surface area contributed by atoms with Crippen molar-refractivity contribution < 1.29 is 23.1 Å². The molecule has 0 saturated heterocycles. The molecule has 252 valence electrons. The van der Waals surface area contributed by atoms with E-state index in [9.17, 15) is 18.3 Å². The van der Waals surface area contributed by atoms with Gasteiger partial charge in [-0.15, -0.1) is 0 Å². The molecule has 47 heavy (non-hydrogen) atoms. The number of nitrogens with zero attached hydrogens (tertiary/aromatic N) is 3. The normalized spacial score (nSPS) is 28.3. The van der Waals surface area contributed by atoms with Crippen molar-refractivity contribution in [1.82, 2.24) is 14.7 Å². The zero-order valence-corrected chi connectivity index (χ0v) is 28.8. The molecule has 1 aromatic heterocycles. The van der Waals surface area contributed by atoms with E-state index in [0.29, 0.717) is 49.6 Å². The predicted molar refractivity (Wildman–Crippen MR) is 183 cm³/mol. The molecular weight excluding hydrogens is 636 g/mol. The number of benzene rings is 2. The van der Waals surface area contributed by atoms with Crippen LogP contribution in [0.3, 0.4) is 0 Å². The summed E-state index contributed by atoms with van der Waals surface area (Å²) in [5.41, 5.74) is 3.05. The summed E-state index contributed by atoms with van der Waals surface area (Å²) in [6.45, 7) is 5.29. The maximum atomic E-state index is 13.5. The van der Waals surface area contributed by atoms with Gasteiger partial charge in [0.05, 0.1) is 16.5 Å². The van der Waals surface area contributed by atoms with Crippen molar-refractivity contribution >= 4 is 33.2 Å². The van der Waals surface area contributed by atoms with E-state index in [1.54, 1.807) is 31.3 Å². The predicted octanol–water partition coefficient (Wildman–Crippen LogP) is 6.12. The number of aromatic nitrogens is 2. The van der Waals surface area contributed by atoms with E-state index in [2.05, 4.69) is 19.6 Å². The van der Waals surface area contributed by atoms with Gasteiger partial charge in [0.2, 0.25) is 10.0 Å². The number of carbonyl (C=O) groups is 1. The van der Waals surface area contributed by atoms with Gasteiger partial charge in [-0.2, -0.15) is 0 Å². The summed E-state index contributed by atoms with van der Waals surface area (Å²) >= 11 is 6.35. The van der Waals surface area contributed by atoms with Crippen molar-refractivity contribution in [2.24, 2.45) is 17.8 Å². The summed E-state index contributed by atoms with van der Waals surface area (Å²) in [4.78, 5) is 24.3. The van der Waals surface area contributed by atoms with Crippen LogP contribution in [0.5, 0.6) is 5.75 Å². The van der Waals surface area contributed by atoms with E-state index in [-0.39, 0.29) is 23.3 Å². The van der Waals surface area contributed by atoms with Gasteiger partial charge in [0, 0.05) is 42.0 Å². The van der Waals surface area contributed by atoms with Crippen LogP contribution in [-0.4, -0.2) is 53.3 Å². The number of aryl methyl sites for hydroxylation is 1. The van der Waals surface area contributed by atoms with E-state index in [4.69, 9.17) is 16.3 Å². The molecule has 5 atom stereocenters. The molecule has 9 nitrogen and oxygen atoms in total. The average molecular weight is 681 g/mol. The number of hydrogen-bond acceptors (Lipinski definition) is 8. The highest BCUT2D eigenvalue weighted by molar-refractivity contribution is 7.90. The Hall–Kier alpha value is -3.21. The largest absolute Gasteiger partial charge is 0.487 e. The highest BCUT2D eigenvalue weighted by Crippen LogP contribution is 2.47. The van der Waals surface area contributed by atoms with Crippen molar-refractivity contribution in [2.45, 2.75) is 89.1 Å². The molecule has 3 aromatic rings. The first-order chi connectivity index (χ1) is 22.5. The summed E-state index contributed by atoms with van der Waals surface area (Å²) in [6.07, 6.45) is 10.0. The third-order valence-corrected chi connectivity index (χ3v) is 12.9. The second-order valence-electron chi connectivity index (χ2n) is 13.8. The molecule has 3 heterocycles. The number of fused-ring (bicyclic) bond motifs is 3. The van der Waals surface area contributed by atoms with Crippen molar-refractivity contribution in [3.63, 3.8) is 0 Å². The molecule has 6 rings (SSSR count). The van der Waals surface area contributed by atoms with Gasteiger partial charge in [-0.1, -0.05) is 31.0 Å². The first-order valence-corrected chi connectivity index (χ1v) is 18.8. The number of hydrogen-bond donors (Lipinski definition) is 2. The summed E-state index contributed by atoms with van der Waals surface area (Å²) < 4.78 is 35.6. The topological polar surface area (TPSA) is 122 Å². The van der Waals surface area contributed by atoms with Gasteiger partial charge in [0.1, 0.15) is 18.7 Å². The Balaban J connectivity index is 1.39. The van der Waals surface area contributed by atoms with Crippen LogP contribution in [0.15, 0.2) is 55.0 Å². The molecule has 1 aliphatic carbocycles. The first-order valence-electron chi connectivity index (χ1n) is 16.8. The molecule has 0 radical (unpaired) electrons. The van der Waals surface area contributed by atoms with Crippen molar-refractivity contribution in [2.75, 3.05) is 18.0 Å².